The van der Waals surface area contributed by atoms with E-state index >= 15 is 0 Å². The fraction of sp³-hybridized carbons (Fsp3) is 0.462. The van der Waals surface area contributed by atoms with Crippen molar-refractivity contribution in [3.8, 4) is 0 Å². The van der Waals surface area contributed by atoms with Gasteiger partial charge >= 0.3 is 52.5 Å². The Bertz CT molecular complexity index is 930. The molecule has 6 nitrogen and oxygen atoms in total. The summed E-state index contributed by atoms with van der Waals surface area (Å²) in [5.41, 5.74) is 0. The van der Waals surface area contributed by atoms with E-state index < -0.39 is 15.4 Å². The maximum Gasteiger partial charge on any atom is -1.00 e. The van der Waals surface area contributed by atoms with E-state index in [1.54, 1.807) is 0 Å². The van der Waals surface area contributed by atoms with E-state index in [-0.39, 0.29) is 16.6 Å². The molecule has 0 saturated carbocycles. The van der Waals surface area contributed by atoms with E-state index in [0.717, 1.165) is 38.8 Å². The van der Waals surface area contributed by atoms with Gasteiger partial charge in [0.25, 0.3) is 0 Å². The monoisotopic (exact) mass is 674 g/mol. The van der Waals surface area contributed by atoms with Gasteiger partial charge in [0.15, 0.2) is 0 Å². The first kappa shape index (κ1) is 45.2. The van der Waals surface area contributed by atoms with Crippen LogP contribution in [0.2, 0.25) is 0 Å². The van der Waals surface area contributed by atoms with Crippen molar-refractivity contribution >= 4 is 27.3 Å². The molecule has 2 aromatic rings. The average Bonchev–Trinajstić information content (AvgIpc) is 3.60. The van der Waals surface area contributed by atoms with Crippen LogP contribution in [0, 0.1) is 0 Å². The normalized spacial score (nSPS) is 11.6. The predicted octanol–water partition coefficient (Wildman–Crippen LogP) is 6.82. The van der Waals surface area contributed by atoms with E-state index in [0.29, 0.717) is 13.2 Å². The Hall–Kier alpha value is -3.23. The molecule has 0 N–H and O–H groups in total. The van der Waals surface area contributed by atoms with Crippen LogP contribution in [0.25, 0.3) is 0 Å². The zero-order valence-electron chi connectivity index (χ0n) is 24.0. The van der Waals surface area contributed by atoms with Crippen molar-refractivity contribution in [2.24, 2.45) is 0 Å². The van der Waals surface area contributed by atoms with Crippen LogP contribution in [-0.2, 0) is 32.2 Å². The predicted molar refractivity (Wildman–Crippen MR) is 151 cm³/mol. The van der Waals surface area contributed by atoms with Crippen molar-refractivity contribution in [1.82, 2.24) is 9.13 Å². The molecular formula is C26H38BF10N2O4P-2. The number of ether oxygens (including phenoxy) is 2. The second kappa shape index (κ2) is 23.2. The zero-order valence-corrected chi connectivity index (χ0v) is 24.9. The van der Waals surface area contributed by atoms with Crippen molar-refractivity contribution in [1.29, 1.82) is 0 Å². The van der Waals surface area contributed by atoms with E-state index in [1.807, 2.05) is 24.3 Å². The van der Waals surface area contributed by atoms with E-state index in [4.69, 9.17) is 9.47 Å². The second-order valence-corrected chi connectivity index (χ2v) is 10.5. The van der Waals surface area contributed by atoms with Crippen LogP contribution in [-0.4, -0.2) is 41.8 Å². The summed E-state index contributed by atoms with van der Waals surface area (Å²) in [6, 6.07) is 8.15. The largest absolute Gasteiger partial charge is 1.00 e. The number of aryl methyl sites for hydroxylation is 2. The van der Waals surface area contributed by atoms with E-state index in [2.05, 4.69) is 47.1 Å². The standard InChI is InChI=1S/2C13H19NO2.BF3.F6P.FH/c2*1-2-13(15)16-12-8-4-3-5-9-14-10-6-7-11-14;2-1(3)4;1-7(2,3,4,5)6;/h2*2,6-7,10-11H,1,3-5,8-9,12H2;;;1H/q;;;-1;/p-1. The minimum atomic E-state index is -10.7. The number of aromatic nitrogens is 2. The Labute approximate surface area is 250 Å². The number of esters is 2. The summed E-state index contributed by atoms with van der Waals surface area (Å²) in [5, 5.41) is 0. The molecule has 0 bridgehead atoms. The SMILES string of the molecule is C=CC(=O)OCCCCCCn1cccc1.C=CC(=O)OCCCCCCn1cccc1.FB(F)F.F[P-](F)(F)(F)(F)F.[F-]. The molecule has 0 aliphatic carbocycles. The Morgan fingerprint density at radius 2 is 0.864 bits per heavy atom. The summed E-state index contributed by atoms with van der Waals surface area (Å²) < 4.78 is 102. The molecular weight excluding hydrogens is 636 g/mol. The summed E-state index contributed by atoms with van der Waals surface area (Å²) >= 11 is 0. The van der Waals surface area contributed by atoms with Crippen molar-refractivity contribution in [3.05, 3.63) is 74.4 Å². The Kier molecular flexibility index (Phi) is 23.8. The van der Waals surface area contributed by atoms with Crippen LogP contribution in [0.1, 0.15) is 51.4 Å². The van der Waals surface area contributed by atoms with Crippen LogP contribution in [0.15, 0.2) is 74.4 Å². The number of halogens is 10. The van der Waals surface area contributed by atoms with Gasteiger partial charge in [0.2, 0.25) is 0 Å². The molecule has 0 radical (unpaired) electrons. The van der Waals surface area contributed by atoms with Gasteiger partial charge in [0.05, 0.1) is 13.2 Å². The molecule has 44 heavy (non-hydrogen) atoms. The first-order chi connectivity index (χ1) is 19.8. The molecule has 0 aromatic carbocycles. The Morgan fingerprint density at radius 3 is 1.11 bits per heavy atom. The summed E-state index contributed by atoms with van der Waals surface area (Å²) in [6.45, 7) is 9.83. The summed E-state index contributed by atoms with van der Waals surface area (Å²) in [5.74, 6) is -0.653. The molecule has 2 heterocycles. The minimum absolute atomic E-state index is 0. The maximum atomic E-state index is 10.7. The van der Waals surface area contributed by atoms with Gasteiger partial charge in [-0.1, -0.05) is 26.0 Å². The molecule has 0 fully saturated rings. The first-order valence-corrected chi connectivity index (χ1v) is 15.2. The van der Waals surface area contributed by atoms with Crippen molar-refractivity contribution in [3.63, 3.8) is 0 Å². The average molecular weight is 674 g/mol. The molecule has 0 aliphatic heterocycles. The minimum Gasteiger partial charge on any atom is -1.00 e. The number of rotatable bonds is 16. The van der Waals surface area contributed by atoms with Crippen LogP contribution >= 0.6 is 7.81 Å². The zero-order chi connectivity index (χ0) is 33.3. The summed E-state index contributed by atoms with van der Waals surface area (Å²) in [4.78, 5) is 21.4. The third-order valence-corrected chi connectivity index (χ3v) is 4.78. The first-order valence-electron chi connectivity index (χ1n) is 13.1. The number of unbranched alkanes of at least 4 members (excludes halogenated alkanes) is 6. The molecule has 0 spiro atoms. The Balaban J connectivity index is -0.000000566. The smallest absolute Gasteiger partial charge is 1.00 e. The fourth-order valence-corrected chi connectivity index (χ4v) is 3.00. The molecule has 2 rings (SSSR count). The number of hydrogen-bond acceptors (Lipinski definition) is 4. The number of carbonyl (C=O) groups excluding carboxylic acids is 2. The number of nitrogens with zero attached hydrogens (tertiary/aromatic N) is 2. The summed E-state index contributed by atoms with van der Waals surface area (Å²) in [7, 11) is -14.3. The van der Waals surface area contributed by atoms with Gasteiger partial charge in [-0.3, -0.25) is 12.9 Å². The van der Waals surface area contributed by atoms with Gasteiger partial charge in [-0.25, -0.2) is 9.59 Å². The molecule has 0 unspecified atom stereocenters. The van der Waals surface area contributed by atoms with Crippen molar-refractivity contribution < 1.29 is 61.9 Å². The fourth-order valence-electron chi connectivity index (χ4n) is 3.00. The van der Waals surface area contributed by atoms with Gasteiger partial charge in [0, 0.05) is 50.0 Å². The quantitative estimate of drug-likeness (QED) is 0.0490. The van der Waals surface area contributed by atoms with Crippen LogP contribution in [0.3, 0.4) is 0 Å². The number of hydrogen-bond donors (Lipinski definition) is 0. The van der Waals surface area contributed by atoms with Gasteiger partial charge in [-0.15, -0.1) is 0 Å². The molecule has 0 aliphatic rings. The topological polar surface area (TPSA) is 62.5 Å². The van der Waals surface area contributed by atoms with Crippen LogP contribution in [0.4, 0.5) is 38.1 Å². The van der Waals surface area contributed by atoms with Crippen LogP contribution in [0.5, 0.6) is 0 Å². The molecule has 256 valence electrons. The van der Waals surface area contributed by atoms with Crippen molar-refractivity contribution in [2.45, 2.75) is 64.5 Å². The van der Waals surface area contributed by atoms with E-state index in [1.165, 1.54) is 37.8 Å². The third-order valence-electron chi connectivity index (χ3n) is 4.78. The Morgan fingerprint density at radius 1 is 0.614 bits per heavy atom. The van der Waals surface area contributed by atoms with Gasteiger partial charge in [-0.2, -0.15) is 0 Å². The van der Waals surface area contributed by atoms with Gasteiger partial charge < -0.3 is 23.3 Å². The third kappa shape index (κ3) is 45.8. The van der Waals surface area contributed by atoms with E-state index in [9.17, 15) is 47.7 Å². The van der Waals surface area contributed by atoms with Gasteiger partial charge in [-0.05, 0) is 62.8 Å². The maximum absolute atomic E-state index is 10.7. The summed E-state index contributed by atoms with van der Waals surface area (Å²) in [6.07, 6.45) is 19.5. The van der Waals surface area contributed by atoms with Crippen LogP contribution < -0.4 is 4.70 Å². The molecule has 0 saturated heterocycles. The molecule has 0 amide bonds. The molecule has 0 atom stereocenters. The second-order valence-electron chi connectivity index (χ2n) is 8.62. The van der Waals surface area contributed by atoms with Gasteiger partial charge in [0.1, 0.15) is 0 Å². The molecule has 18 heteroatoms. The van der Waals surface area contributed by atoms with Crippen molar-refractivity contribution in [2.75, 3.05) is 13.2 Å². The number of carbonyl (C=O) groups is 2. The molecule has 2 aromatic heterocycles.